The van der Waals surface area contributed by atoms with Gasteiger partial charge in [-0.05, 0) is 47.9 Å². The average Bonchev–Trinajstić information content (AvgIpc) is 2.54. The van der Waals surface area contributed by atoms with Crippen molar-refractivity contribution in [1.82, 2.24) is 0 Å². The third kappa shape index (κ3) is 4.04. The van der Waals surface area contributed by atoms with E-state index in [0.29, 0.717) is 6.61 Å². The molecule has 1 atom stereocenters. The standard InChI is InChI=1S/C20H24O.ClH/c1-2-7-16-12-13-19-18(14-16)10-6-11-20(19)21-15-17-8-4-3-5-9-17;/h3-6,8-11,16H,2,7,12-15H2,1H3;1H. The summed E-state index contributed by atoms with van der Waals surface area (Å²) in [5.74, 6) is 1.96. The quantitative estimate of drug-likeness (QED) is 0.698. The van der Waals surface area contributed by atoms with Gasteiger partial charge in [0.15, 0.2) is 0 Å². The molecule has 0 aliphatic heterocycles. The minimum absolute atomic E-state index is 0. The van der Waals surface area contributed by atoms with Crippen LogP contribution in [0.15, 0.2) is 48.5 Å². The first-order valence-corrected chi connectivity index (χ1v) is 8.14. The third-order valence-corrected chi connectivity index (χ3v) is 4.48. The van der Waals surface area contributed by atoms with Gasteiger partial charge in [0.2, 0.25) is 0 Å². The number of rotatable bonds is 5. The zero-order valence-corrected chi connectivity index (χ0v) is 14.1. The van der Waals surface area contributed by atoms with Crippen LogP contribution in [0.25, 0.3) is 0 Å². The summed E-state index contributed by atoms with van der Waals surface area (Å²) in [6.45, 7) is 2.95. The first kappa shape index (κ1) is 16.9. The maximum atomic E-state index is 6.09. The van der Waals surface area contributed by atoms with Gasteiger partial charge in [-0.25, -0.2) is 0 Å². The first-order chi connectivity index (χ1) is 10.4. The van der Waals surface area contributed by atoms with Crippen molar-refractivity contribution in [3.8, 4) is 5.75 Å². The van der Waals surface area contributed by atoms with Gasteiger partial charge < -0.3 is 4.74 Å². The van der Waals surface area contributed by atoms with Crippen molar-refractivity contribution < 1.29 is 4.74 Å². The van der Waals surface area contributed by atoms with Gasteiger partial charge in [-0.15, -0.1) is 12.4 Å². The Balaban J connectivity index is 0.00000176. The highest BCUT2D eigenvalue weighted by molar-refractivity contribution is 5.85. The second kappa shape index (κ2) is 8.24. The minimum atomic E-state index is 0. The Labute approximate surface area is 140 Å². The Morgan fingerprint density at radius 3 is 2.64 bits per heavy atom. The van der Waals surface area contributed by atoms with Crippen molar-refractivity contribution in [3.63, 3.8) is 0 Å². The van der Waals surface area contributed by atoms with E-state index in [4.69, 9.17) is 4.74 Å². The van der Waals surface area contributed by atoms with E-state index in [0.717, 1.165) is 11.7 Å². The summed E-state index contributed by atoms with van der Waals surface area (Å²) in [5, 5.41) is 0. The van der Waals surface area contributed by atoms with Crippen LogP contribution in [0.5, 0.6) is 5.75 Å². The second-order valence-corrected chi connectivity index (χ2v) is 6.07. The highest BCUT2D eigenvalue weighted by Gasteiger charge is 2.20. The van der Waals surface area contributed by atoms with Crippen LogP contribution in [0.2, 0.25) is 0 Å². The van der Waals surface area contributed by atoms with Gasteiger partial charge in [0.05, 0.1) is 0 Å². The molecule has 2 heteroatoms. The summed E-state index contributed by atoms with van der Waals surface area (Å²) in [6.07, 6.45) is 6.36. The molecule has 0 radical (unpaired) electrons. The van der Waals surface area contributed by atoms with Gasteiger partial charge in [0.1, 0.15) is 12.4 Å². The smallest absolute Gasteiger partial charge is 0.123 e. The minimum Gasteiger partial charge on any atom is -0.489 e. The number of hydrogen-bond acceptors (Lipinski definition) is 1. The maximum absolute atomic E-state index is 6.09. The molecule has 0 bridgehead atoms. The summed E-state index contributed by atoms with van der Waals surface area (Å²) in [4.78, 5) is 0. The summed E-state index contributed by atoms with van der Waals surface area (Å²) < 4.78 is 6.09. The van der Waals surface area contributed by atoms with Crippen LogP contribution in [0.4, 0.5) is 0 Å². The molecule has 2 aromatic rings. The fourth-order valence-corrected chi connectivity index (χ4v) is 3.37. The van der Waals surface area contributed by atoms with E-state index in [2.05, 4.69) is 49.4 Å². The lowest BCUT2D eigenvalue weighted by Gasteiger charge is -2.26. The molecule has 1 unspecified atom stereocenters. The lowest BCUT2D eigenvalue weighted by Crippen LogP contribution is -2.15. The van der Waals surface area contributed by atoms with Crippen molar-refractivity contribution >= 4 is 12.4 Å². The highest BCUT2D eigenvalue weighted by atomic mass is 35.5. The number of hydrogen-bond donors (Lipinski definition) is 0. The lowest BCUT2D eigenvalue weighted by molar-refractivity contribution is 0.298. The molecule has 0 fully saturated rings. The Bertz CT molecular complexity index is 580. The van der Waals surface area contributed by atoms with Crippen LogP contribution in [0.3, 0.4) is 0 Å². The van der Waals surface area contributed by atoms with Gasteiger partial charge in [-0.2, -0.15) is 0 Å². The van der Waals surface area contributed by atoms with E-state index in [1.165, 1.54) is 48.8 Å². The predicted octanol–water partition coefficient (Wildman–Crippen LogP) is 5.59. The number of halogens is 1. The van der Waals surface area contributed by atoms with Gasteiger partial charge in [0.25, 0.3) is 0 Å². The van der Waals surface area contributed by atoms with E-state index >= 15 is 0 Å². The Hall–Kier alpha value is -1.47. The van der Waals surface area contributed by atoms with Gasteiger partial charge in [-0.3, -0.25) is 0 Å². The maximum Gasteiger partial charge on any atom is 0.123 e. The zero-order valence-electron chi connectivity index (χ0n) is 13.3. The zero-order chi connectivity index (χ0) is 14.5. The molecule has 0 heterocycles. The molecule has 3 rings (SSSR count). The van der Waals surface area contributed by atoms with Crippen LogP contribution < -0.4 is 4.74 Å². The fourth-order valence-electron chi connectivity index (χ4n) is 3.37. The van der Waals surface area contributed by atoms with E-state index in [-0.39, 0.29) is 12.4 Å². The molecule has 0 spiro atoms. The largest absolute Gasteiger partial charge is 0.489 e. The topological polar surface area (TPSA) is 9.23 Å². The first-order valence-electron chi connectivity index (χ1n) is 8.14. The van der Waals surface area contributed by atoms with E-state index in [1.54, 1.807) is 0 Å². The van der Waals surface area contributed by atoms with Crippen molar-refractivity contribution in [1.29, 1.82) is 0 Å². The SMILES string of the molecule is CCCC1CCc2c(cccc2OCc2ccccc2)C1.Cl. The molecule has 0 saturated carbocycles. The van der Waals surface area contributed by atoms with Gasteiger partial charge >= 0.3 is 0 Å². The monoisotopic (exact) mass is 316 g/mol. The molecule has 0 aromatic heterocycles. The van der Waals surface area contributed by atoms with Crippen molar-refractivity contribution in [3.05, 3.63) is 65.2 Å². The summed E-state index contributed by atoms with van der Waals surface area (Å²) in [7, 11) is 0. The molecular formula is C20H25ClO. The molecular weight excluding hydrogens is 292 g/mol. The van der Waals surface area contributed by atoms with Crippen LogP contribution >= 0.6 is 12.4 Å². The summed E-state index contributed by atoms with van der Waals surface area (Å²) in [5.41, 5.74) is 4.18. The molecule has 22 heavy (non-hydrogen) atoms. The Kier molecular flexibility index (Phi) is 6.33. The molecule has 118 valence electrons. The molecule has 1 aliphatic rings. The second-order valence-electron chi connectivity index (χ2n) is 6.07. The predicted molar refractivity (Wildman–Crippen MR) is 94.9 cm³/mol. The van der Waals surface area contributed by atoms with Gasteiger partial charge in [0, 0.05) is 0 Å². The van der Waals surface area contributed by atoms with Gasteiger partial charge in [-0.1, -0.05) is 62.2 Å². The molecule has 0 amide bonds. The Morgan fingerprint density at radius 1 is 1.05 bits per heavy atom. The average molecular weight is 317 g/mol. The molecule has 0 N–H and O–H groups in total. The number of fused-ring (bicyclic) bond motifs is 1. The summed E-state index contributed by atoms with van der Waals surface area (Å²) in [6, 6.07) is 17.0. The number of benzene rings is 2. The molecule has 1 nitrogen and oxygen atoms in total. The Morgan fingerprint density at radius 2 is 1.86 bits per heavy atom. The van der Waals surface area contributed by atoms with E-state index in [9.17, 15) is 0 Å². The molecule has 1 aliphatic carbocycles. The van der Waals surface area contributed by atoms with E-state index < -0.39 is 0 Å². The van der Waals surface area contributed by atoms with Crippen molar-refractivity contribution in [2.45, 2.75) is 45.6 Å². The molecule has 0 saturated heterocycles. The lowest BCUT2D eigenvalue weighted by atomic mass is 9.81. The third-order valence-electron chi connectivity index (χ3n) is 4.48. The van der Waals surface area contributed by atoms with E-state index in [1.807, 2.05) is 6.07 Å². The highest BCUT2D eigenvalue weighted by Crippen LogP contribution is 2.34. The fraction of sp³-hybridized carbons (Fsp3) is 0.400. The van der Waals surface area contributed by atoms with Crippen LogP contribution in [-0.4, -0.2) is 0 Å². The van der Waals surface area contributed by atoms with Crippen LogP contribution in [0, 0.1) is 5.92 Å². The van der Waals surface area contributed by atoms with Crippen LogP contribution in [-0.2, 0) is 19.4 Å². The molecule has 2 aromatic carbocycles. The number of ether oxygens (including phenoxy) is 1. The van der Waals surface area contributed by atoms with Crippen molar-refractivity contribution in [2.75, 3.05) is 0 Å². The van der Waals surface area contributed by atoms with Crippen LogP contribution in [0.1, 0.15) is 42.9 Å². The summed E-state index contributed by atoms with van der Waals surface area (Å²) >= 11 is 0. The normalized spacial score (nSPS) is 16.5. The van der Waals surface area contributed by atoms with Crippen molar-refractivity contribution in [2.24, 2.45) is 5.92 Å².